The van der Waals surface area contributed by atoms with Gasteiger partial charge in [0.2, 0.25) is 5.91 Å². The monoisotopic (exact) mass is 319 g/mol. The van der Waals surface area contributed by atoms with Crippen LogP contribution in [0, 0.1) is 17.8 Å². The topological polar surface area (TPSA) is 75.6 Å². The molecular formula is C18H25NO4. The van der Waals surface area contributed by atoms with Crippen LogP contribution in [0.3, 0.4) is 0 Å². The summed E-state index contributed by atoms with van der Waals surface area (Å²) in [6.07, 6.45) is 1.69. The molecule has 2 rings (SSSR count). The van der Waals surface area contributed by atoms with Crippen LogP contribution in [0.5, 0.6) is 5.75 Å². The first kappa shape index (κ1) is 17.3. The van der Waals surface area contributed by atoms with Crippen molar-refractivity contribution in [3.05, 3.63) is 29.8 Å². The fourth-order valence-corrected chi connectivity index (χ4v) is 2.79. The van der Waals surface area contributed by atoms with Crippen molar-refractivity contribution in [2.24, 2.45) is 17.8 Å². The van der Waals surface area contributed by atoms with E-state index >= 15 is 0 Å². The molecule has 1 aromatic rings. The molecule has 1 aliphatic carbocycles. The summed E-state index contributed by atoms with van der Waals surface area (Å²) in [5, 5.41) is 11.9. The minimum absolute atomic E-state index is 0.0535. The van der Waals surface area contributed by atoms with Crippen LogP contribution in [-0.4, -0.2) is 23.6 Å². The van der Waals surface area contributed by atoms with E-state index in [-0.39, 0.29) is 17.7 Å². The number of carboxylic acid groups (broad SMARTS) is 1. The standard InChI is InChI=1S/C18H25NO4/c1-12(2)11-23-16-5-3-4-13(8-16)10-19-17(20)14-6-7-15(9-14)18(21)22/h3-5,8,12,14-15H,6-7,9-11H2,1-2H3,(H,19,20)(H,21,22)/t14-,15+/m1/s1. The van der Waals surface area contributed by atoms with Crippen molar-refractivity contribution in [1.82, 2.24) is 5.32 Å². The van der Waals surface area contributed by atoms with Crippen LogP contribution in [-0.2, 0) is 16.1 Å². The summed E-state index contributed by atoms with van der Waals surface area (Å²) in [4.78, 5) is 23.1. The van der Waals surface area contributed by atoms with Crippen molar-refractivity contribution in [1.29, 1.82) is 0 Å². The molecule has 0 radical (unpaired) electrons. The van der Waals surface area contributed by atoms with E-state index in [0.29, 0.717) is 38.3 Å². The Morgan fingerprint density at radius 3 is 2.70 bits per heavy atom. The second kappa shape index (κ2) is 7.99. The molecule has 5 heteroatoms. The zero-order valence-electron chi connectivity index (χ0n) is 13.7. The largest absolute Gasteiger partial charge is 0.493 e. The summed E-state index contributed by atoms with van der Waals surface area (Å²) in [5.74, 6) is -0.146. The lowest BCUT2D eigenvalue weighted by Crippen LogP contribution is -2.29. The lowest BCUT2D eigenvalue weighted by atomic mass is 10.0. The molecule has 2 atom stereocenters. The summed E-state index contributed by atoms with van der Waals surface area (Å²) in [5.41, 5.74) is 0.979. The molecular weight excluding hydrogens is 294 g/mol. The quantitative estimate of drug-likeness (QED) is 0.810. The third-order valence-corrected chi connectivity index (χ3v) is 4.10. The van der Waals surface area contributed by atoms with Crippen LogP contribution < -0.4 is 10.1 Å². The molecule has 0 heterocycles. The second-order valence-corrected chi connectivity index (χ2v) is 6.62. The number of carboxylic acids is 1. The number of carbonyl (C=O) groups excluding carboxylic acids is 1. The highest BCUT2D eigenvalue weighted by atomic mass is 16.5. The van der Waals surface area contributed by atoms with Gasteiger partial charge in [-0.15, -0.1) is 0 Å². The molecule has 0 spiro atoms. The van der Waals surface area contributed by atoms with Crippen LogP contribution in [0.1, 0.15) is 38.7 Å². The highest BCUT2D eigenvalue weighted by Crippen LogP contribution is 2.31. The van der Waals surface area contributed by atoms with Gasteiger partial charge in [0.25, 0.3) is 0 Å². The van der Waals surface area contributed by atoms with Gasteiger partial charge in [0.15, 0.2) is 0 Å². The summed E-state index contributed by atoms with van der Waals surface area (Å²) in [6.45, 7) is 5.28. The van der Waals surface area contributed by atoms with Gasteiger partial charge in [-0.1, -0.05) is 26.0 Å². The number of ether oxygens (including phenoxy) is 1. The molecule has 0 saturated heterocycles. The molecule has 0 bridgehead atoms. The number of rotatable bonds is 7. The Morgan fingerprint density at radius 2 is 2.04 bits per heavy atom. The third-order valence-electron chi connectivity index (χ3n) is 4.10. The summed E-state index contributed by atoms with van der Waals surface area (Å²) < 4.78 is 5.68. The van der Waals surface area contributed by atoms with Gasteiger partial charge in [-0.3, -0.25) is 9.59 Å². The second-order valence-electron chi connectivity index (χ2n) is 6.62. The van der Waals surface area contributed by atoms with Crippen LogP contribution in [0.15, 0.2) is 24.3 Å². The van der Waals surface area contributed by atoms with Gasteiger partial charge < -0.3 is 15.2 Å². The molecule has 1 aromatic carbocycles. The molecule has 1 amide bonds. The maximum absolute atomic E-state index is 12.2. The summed E-state index contributed by atoms with van der Waals surface area (Å²) in [6, 6.07) is 7.68. The fourth-order valence-electron chi connectivity index (χ4n) is 2.79. The molecule has 0 unspecified atom stereocenters. The van der Waals surface area contributed by atoms with E-state index in [0.717, 1.165) is 11.3 Å². The number of amides is 1. The molecule has 1 aliphatic rings. The fraction of sp³-hybridized carbons (Fsp3) is 0.556. The average Bonchev–Trinajstić information content (AvgIpc) is 3.01. The number of carbonyl (C=O) groups is 2. The lowest BCUT2D eigenvalue weighted by Gasteiger charge is -2.12. The Bertz CT molecular complexity index is 556. The Kier molecular flexibility index (Phi) is 6.02. The van der Waals surface area contributed by atoms with E-state index in [2.05, 4.69) is 19.2 Å². The first-order valence-electron chi connectivity index (χ1n) is 8.18. The minimum Gasteiger partial charge on any atom is -0.493 e. The number of hydrogen-bond donors (Lipinski definition) is 2. The summed E-state index contributed by atoms with van der Waals surface area (Å²) in [7, 11) is 0. The van der Waals surface area contributed by atoms with Crippen molar-refractivity contribution in [3.63, 3.8) is 0 Å². The van der Waals surface area contributed by atoms with Crippen LogP contribution >= 0.6 is 0 Å². The Labute approximate surface area is 137 Å². The van der Waals surface area contributed by atoms with Gasteiger partial charge >= 0.3 is 5.97 Å². The lowest BCUT2D eigenvalue weighted by molar-refractivity contribution is -0.141. The Balaban J connectivity index is 1.82. The zero-order chi connectivity index (χ0) is 16.8. The molecule has 1 saturated carbocycles. The molecule has 0 aliphatic heterocycles. The van der Waals surface area contributed by atoms with Gasteiger partial charge in [-0.25, -0.2) is 0 Å². The van der Waals surface area contributed by atoms with Gasteiger partial charge in [-0.05, 0) is 42.9 Å². The van der Waals surface area contributed by atoms with Gasteiger partial charge in [-0.2, -0.15) is 0 Å². The Morgan fingerprint density at radius 1 is 1.30 bits per heavy atom. The van der Waals surface area contributed by atoms with E-state index in [1.54, 1.807) is 0 Å². The molecule has 126 valence electrons. The molecule has 1 fully saturated rings. The van der Waals surface area contributed by atoms with E-state index in [4.69, 9.17) is 9.84 Å². The highest BCUT2D eigenvalue weighted by molar-refractivity contribution is 5.80. The van der Waals surface area contributed by atoms with Crippen LogP contribution in [0.4, 0.5) is 0 Å². The SMILES string of the molecule is CC(C)COc1cccc(CNC(=O)[C@@H]2CC[C@H](C(=O)O)C2)c1. The van der Waals surface area contributed by atoms with Crippen molar-refractivity contribution < 1.29 is 19.4 Å². The van der Waals surface area contributed by atoms with Crippen molar-refractivity contribution in [2.75, 3.05) is 6.61 Å². The molecule has 2 N–H and O–H groups in total. The van der Waals surface area contributed by atoms with Crippen molar-refractivity contribution in [3.8, 4) is 5.75 Å². The van der Waals surface area contributed by atoms with Gasteiger partial charge in [0.05, 0.1) is 12.5 Å². The van der Waals surface area contributed by atoms with Crippen LogP contribution in [0.25, 0.3) is 0 Å². The third kappa shape index (κ3) is 5.27. The highest BCUT2D eigenvalue weighted by Gasteiger charge is 2.33. The molecule has 0 aromatic heterocycles. The first-order chi connectivity index (χ1) is 11.0. The van der Waals surface area contributed by atoms with E-state index in [9.17, 15) is 9.59 Å². The first-order valence-corrected chi connectivity index (χ1v) is 8.18. The predicted octanol–water partition coefficient (Wildman–Crippen LogP) is 2.84. The number of benzene rings is 1. The smallest absolute Gasteiger partial charge is 0.306 e. The minimum atomic E-state index is -0.796. The van der Waals surface area contributed by atoms with E-state index < -0.39 is 5.97 Å². The number of aliphatic carboxylic acids is 1. The zero-order valence-corrected chi connectivity index (χ0v) is 13.7. The Hall–Kier alpha value is -2.04. The van der Waals surface area contributed by atoms with Crippen LogP contribution in [0.2, 0.25) is 0 Å². The molecule has 5 nitrogen and oxygen atoms in total. The van der Waals surface area contributed by atoms with Crippen molar-refractivity contribution >= 4 is 11.9 Å². The van der Waals surface area contributed by atoms with Gasteiger partial charge in [0.1, 0.15) is 5.75 Å². The average molecular weight is 319 g/mol. The normalized spacial score (nSPS) is 20.5. The maximum Gasteiger partial charge on any atom is 0.306 e. The maximum atomic E-state index is 12.2. The van der Waals surface area contributed by atoms with Crippen molar-refractivity contribution in [2.45, 2.75) is 39.7 Å². The van der Waals surface area contributed by atoms with Gasteiger partial charge in [0, 0.05) is 12.5 Å². The predicted molar refractivity (Wildman–Crippen MR) is 87.1 cm³/mol. The molecule has 23 heavy (non-hydrogen) atoms. The van der Waals surface area contributed by atoms with E-state index in [1.165, 1.54) is 0 Å². The van der Waals surface area contributed by atoms with E-state index in [1.807, 2.05) is 24.3 Å². The summed E-state index contributed by atoms with van der Waals surface area (Å²) >= 11 is 0. The number of nitrogens with one attached hydrogen (secondary N) is 1. The number of hydrogen-bond acceptors (Lipinski definition) is 3.